The van der Waals surface area contributed by atoms with Crippen LogP contribution in [0.5, 0.6) is 0 Å². The number of morpholine rings is 1. The molecule has 134 valence electrons. The van der Waals surface area contributed by atoms with E-state index < -0.39 is 0 Å². The van der Waals surface area contributed by atoms with Crippen LogP contribution in [0, 0.1) is 6.92 Å². The summed E-state index contributed by atoms with van der Waals surface area (Å²) in [4.78, 5) is 30.7. The highest BCUT2D eigenvalue weighted by Crippen LogP contribution is 2.06. The number of piperazine rings is 1. The fourth-order valence-electron chi connectivity index (χ4n) is 3.19. The third kappa shape index (κ3) is 4.44. The summed E-state index contributed by atoms with van der Waals surface area (Å²) in [6.45, 7) is 10.6. The number of carbonyl (C=O) groups excluding carboxylic acids is 1. The van der Waals surface area contributed by atoms with Crippen LogP contribution < -0.4 is 4.87 Å². The Morgan fingerprint density at radius 2 is 1.75 bits per heavy atom. The quantitative estimate of drug-likeness (QED) is 0.726. The largest absolute Gasteiger partial charge is 0.378 e. The zero-order valence-electron chi connectivity index (χ0n) is 14.3. The van der Waals surface area contributed by atoms with Gasteiger partial charge in [-0.05, 0) is 6.92 Å². The highest BCUT2D eigenvalue weighted by Gasteiger charge is 2.22. The van der Waals surface area contributed by atoms with Crippen molar-refractivity contribution in [1.82, 2.24) is 19.3 Å². The van der Waals surface area contributed by atoms with Gasteiger partial charge >= 0.3 is 4.87 Å². The highest BCUT2D eigenvalue weighted by atomic mass is 32.1. The van der Waals surface area contributed by atoms with Gasteiger partial charge in [-0.15, -0.1) is 0 Å². The molecule has 1 amide bonds. The summed E-state index contributed by atoms with van der Waals surface area (Å²) in [5.74, 6) is 0.215. The first-order valence-electron chi connectivity index (χ1n) is 8.58. The standard InChI is InChI=1S/C16H26N4O3S/c1-14-13-24-16(22)20(14)7-6-17-2-4-18(5-3-17)12-15(21)19-8-10-23-11-9-19/h13H,2-12H2,1H3. The lowest BCUT2D eigenvalue weighted by atomic mass is 10.3. The van der Waals surface area contributed by atoms with Gasteiger partial charge in [-0.1, -0.05) is 11.3 Å². The van der Waals surface area contributed by atoms with Crippen molar-refractivity contribution >= 4 is 17.2 Å². The summed E-state index contributed by atoms with van der Waals surface area (Å²) in [7, 11) is 0. The molecule has 1 aromatic rings. The molecule has 0 N–H and O–H groups in total. The fourth-order valence-corrected chi connectivity index (χ4v) is 3.95. The Hall–Kier alpha value is -1.22. The normalized spacial score (nSPS) is 20.5. The average molecular weight is 354 g/mol. The Morgan fingerprint density at radius 3 is 2.38 bits per heavy atom. The summed E-state index contributed by atoms with van der Waals surface area (Å²) >= 11 is 1.27. The van der Waals surface area contributed by atoms with E-state index in [0.29, 0.717) is 32.8 Å². The smallest absolute Gasteiger partial charge is 0.307 e. The Balaban J connectivity index is 1.39. The molecule has 2 aliphatic rings. The van der Waals surface area contributed by atoms with Gasteiger partial charge in [-0.2, -0.15) is 0 Å². The van der Waals surface area contributed by atoms with Crippen molar-refractivity contribution in [3.05, 3.63) is 20.7 Å². The van der Waals surface area contributed by atoms with Gasteiger partial charge in [-0.25, -0.2) is 0 Å². The first kappa shape index (κ1) is 17.6. The van der Waals surface area contributed by atoms with E-state index in [1.54, 1.807) is 0 Å². The van der Waals surface area contributed by atoms with Crippen LogP contribution >= 0.6 is 11.3 Å². The molecule has 0 radical (unpaired) electrons. The summed E-state index contributed by atoms with van der Waals surface area (Å²) in [6, 6.07) is 0. The minimum atomic E-state index is 0.127. The lowest BCUT2D eigenvalue weighted by Crippen LogP contribution is -2.52. The van der Waals surface area contributed by atoms with Crippen molar-refractivity contribution in [2.75, 3.05) is 65.6 Å². The number of rotatable bonds is 5. The number of nitrogens with zero attached hydrogens (tertiary/aromatic N) is 4. The second kappa shape index (κ2) is 8.24. The number of hydrogen-bond donors (Lipinski definition) is 0. The van der Waals surface area contributed by atoms with Crippen LogP contribution in [-0.2, 0) is 16.1 Å². The molecule has 7 nitrogen and oxygen atoms in total. The minimum absolute atomic E-state index is 0.127. The van der Waals surface area contributed by atoms with E-state index in [-0.39, 0.29) is 10.8 Å². The molecule has 2 fully saturated rings. The summed E-state index contributed by atoms with van der Waals surface area (Å²) in [6.07, 6.45) is 0. The van der Waals surface area contributed by atoms with Crippen LogP contribution in [0.25, 0.3) is 0 Å². The molecule has 3 rings (SSSR count). The Morgan fingerprint density at radius 1 is 1.08 bits per heavy atom. The van der Waals surface area contributed by atoms with Crippen molar-refractivity contribution in [3.63, 3.8) is 0 Å². The predicted octanol–water partition coefficient (Wildman–Crippen LogP) is -0.305. The maximum Gasteiger partial charge on any atom is 0.307 e. The number of aryl methyl sites for hydroxylation is 1. The van der Waals surface area contributed by atoms with Crippen LogP contribution in [0.3, 0.4) is 0 Å². The Kier molecular flexibility index (Phi) is 6.04. The zero-order chi connectivity index (χ0) is 16.9. The van der Waals surface area contributed by atoms with E-state index in [0.717, 1.165) is 45.0 Å². The number of ether oxygens (including phenoxy) is 1. The molecule has 2 aliphatic heterocycles. The third-order valence-electron chi connectivity index (χ3n) is 4.80. The Labute approximate surface area is 146 Å². The molecule has 0 aromatic carbocycles. The number of aromatic nitrogens is 1. The number of hydrogen-bond acceptors (Lipinski definition) is 6. The van der Waals surface area contributed by atoms with Crippen molar-refractivity contribution in [2.24, 2.45) is 0 Å². The molecule has 3 heterocycles. The van der Waals surface area contributed by atoms with Crippen LogP contribution in [0.2, 0.25) is 0 Å². The lowest BCUT2D eigenvalue weighted by molar-refractivity contribution is -0.136. The molecule has 8 heteroatoms. The van der Waals surface area contributed by atoms with Gasteiger partial charge in [0.15, 0.2) is 0 Å². The molecule has 2 saturated heterocycles. The van der Waals surface area contributed by atoms with Crippen LogP contribution in [0.4, 0.5) is 0 Å². The molecular formula is C16H26N4O3S. The Bertz CT molecular complexity index is 601. The molecule has 1 aromatic heterocycles. The SMILES string of the molecule is Cc1csc(=O)n1CCN1CCN(CC(=O)N2CCOCC2)CC1. The van der Waals surface area contributed by atoms with Crippen LogP contribution in [0.15, 0.2) is 10.2 Å². The van der Waals surface area contributed by atoms with E-state index in [2.05, 4.69) is 9.80 Å². The van der Waals surface area contributed by atoms with Gasteiger partial charge in [0.2, 0.25) is 5.91 Å². The first-order valence-corrected chi connectivity index (χ1v) is 9.46. The molecule has 0 atom stereocenters. The zero-order valence-corrected chi connectivity index (χ0v) is 15.1. The summed E-state index contributed by atoms with van der Waals surface area (Å²) in [5, 5.41) is 1.91. The first-order chi connectivity index (χ1) is 11.6. The second-order valence-corrected chi connectivity index (χ2v) is 7.23. The van der Waals surface area contributed by atoms with Crippen molar-refractivity contribution < 1.29 is 9.53 Å². The van der Waals surface area contributed by atoms with Gasteiger partial charge in [-0.3, -0.25) is 19.4 Å². The van der Waals surface area contributed by atoms with Gasteiger partial charge in [0, 0.05) is 63.4 Å². The molecule has 0 saturated carbocycles. The van der Waals surface area contributed by atoms with Crippen molar-refractivity contribution in [1.29, 1.82) is 0 Å². The molecule has 0 bridgehead atoms. The van der Waals surface area contributed by atoms with Gasteiger partial charge in [0.25, 0.3) is 0 Å². The van der Waals surface area contributed by atoms with Gasteiger partial charge in [0.1, 0.15) is 0 Å². The van der Waals surface area contributed by atoms with Gasteiger partial charge in [0.05, 0.1) is 19.8 Å². The molecule has 0 aliphatic carbocycles. The summed E-state index contributed by atoms with van der Waals surface area (Å²) < 4.78 is 7.14. The van der Waals surface area contributed by atoms with Crippen molar-refractivity contribution in [3.8, 4) is 0 Å². The number of amides is 1. The third-order valence-corrected chi connectivity index (χ3v) is 5.68. The molecular weight excluding hydrogens is 328 g/mol. The topological polar surface area (TPSA) is 58.0 Å². The van der Waals surface area contributed by atoms with E-state index in [1.807, 2.05) is 21.8 Å². The molecule has 0 spiro atoms. The van der Waals surface area contributed by atoms with Crippen molar-refractivity contribution in [2.45, 2.75) is 13.5 Å². The molecule has 0 unspecified atom stereocenters. The summed E-state index contributed by atoms with van der Waals surface area (Å²) in [5.41, 5.74) is 1.04. The highest BCUT2D eigenvalue weighted by molar-refractivity contribution is 7.07. The minimum Gasteiger partial charge on any atom is -0.378 e. The van der Waals surface area contributed by atoms with Crippen LogP contribution in [0.1, 0.15) is 5.69 Å². The van der Waals surface area contributed by atoms with E-state index in [1.165, 1.54) is 11.3 Å². The average Bonchev–Trinajstić information content (AvgIpc) is 2.93. The van der Waals surface area contributed by atoms with E-state index in [9.17, 15) is 9.59 Å². The fraction of sp³-hybridized carbons (Fsp3) is 0.750. The van der Waals surface area contributed by atoms with Gasteiger partial charge < -0.3 is 14.2 Å². The number of thiazole rings is 1. The maximum absolute atomic E-state index is 12.3. The molecule has 24 heavy (non-hydrogen) atoms. The maximum atomic E-state index is 12.3. The lowest BCUT2D eigenvalue weighted by Gasteiger charge is -2.36. The van der Waals surface area contributed by atoms with E-state index in [4.69, 9.17) is 4.74 Å². The predicted molar refractivity (Wildman–Crippen MR) is 93.6 cm³/mol. The van der Waals surface area contributed by atoms with E-state index >= 15 is 0 Å². The monoisotopic (exact) mass is 354 g/mol. The number of carbonyl (C=O) groups is 1. The van der Waals surface area contributed by atoms with Crippen LogP contribution in [-0.4, -0.2) is 90.7 Å². The second-order valence-electron chi connectivity index (χ2n) is 6.41.